The molecule has 18 heavy (non-hydrogen) atoms. The van der Waals surface area contributed by atoms with Crippen LogP contribution in [-0.4, -0.2) is 18.1 Å². The van der Waals surface area contributed by atoms with E-state index in [4.69, 9.17) is 4.74 Å². The molecule has 0 atom stereocenters. The molecule has 1 aliphatic carbocycles. The molecule has 1 amide bonds. The highest BCUT2D eigenvalue weighted by Gasteiger charge is 2.33. The second-order valence-corrected chi connectivity index (χ2v) is 6.11. The summed E-state index contributed by atoms with van der Waals surface area (Å²) in [6.45, 7) is 4.65. The van der Waals surface area contributed by atoms with Gasteiger partial charge in [-0.05, 0) is 73.9 Å². The van der Waals surface area contributed by atoms with E-state index in [-0.39, 0.29) is 11.4 Å². The number of hydrogen-bond donors (Lipinski definition) is 1. The standard InChI is InChI=1S/C14H18INO2/c1-3-18-12-9-10(5-6-11(12)15)13(17)16-14(2)7-4-8-14/h5-6,9H,3-4,7-8H2,1-2H3,(H,16,17). The molecule has 1 aromatic rings. The lowest BCUT2D eigenvalue weighted by atomic mass is 9.78. The van der Waals surface area contributed by atoms with E-state index in [0.717, 1.165) is 22.2 Å². The van der Waals surface area contributed by atoms with Crippen LogP contribution in [0.1, 0.15) is 43.5 Å². The van der Waals surface area contributed by atoms with Gasteiger partial charge in [0.1, 0.15) is 5.75 Å². The molecule has 0 unspecified atom stereocenters. The van der Waals surface area contributed by atoms with Crippen LogP contribution in [0.25, 0.3) is 0 Å². The first-order valence-corrected chi connectivity index (χ1v) is 7.37. The first-order valence-electron chi connectivity index (χ1n) is 6.29. The molecule has 0 radical (unpaired) electrons. The highest BCUT2D eigenvalue weighted by Crippen LogP contribution is 2.31. The van der Waals surface area contributed by atoms with Crippen molar-refractivity contribution in [1.29, 1.82) is 0 Å². The fraction of sp³-hybridized carbons (Fsp3) is 0.500. The molecular weight excluding hydrogens is 341 g/mol. The highest BCUT2D eigenvalue weighted by molar-refractivity contribution is 14.1. The van der Waals surface area contributed by atoms with Crippen molar-refractivity contribution in [1.82, 2.24) is 5.32 Å². The van der Waals surface area contributed by atoms with Crippen molar-refractivity contribution in [2.24, 2.45) is 0 Å². The summed E-state index contributed by atoms with van der Waals surface area (Å²) in [7, 11) is 0. The normalized spacial score (nSPS) is 16.8. The molecule has 2 rings (SSSR count). The predicted octanol–water partition coefficient (Wildman–Crippen LogP) is 3.36. The van der Waals surface area contributed by atoms with Crippen LogP contribution in [0.2, 0.25) is 0 Å². The Labute approximate surface area is 121 Å². The molecule has 3 nitrogen and oxygen atoms in total. The molecule has 1 saturated carbocycles. The molecule has 0 spiro atoms. The average molecular weight is 359 g/mol. The number of nitrogens with one attached hydrogen (secondary N) is 1. The summed E-state index contributed by atoms with van der Waals surface area (Å²) < 4.78 is 6.54. The van der Waals surface area contributed by atoms with E-state index in [1.807, 2.05) is 25.1 Å². The van der Waals surface area contributed by atoms with Crippen LogP contribution in [0.15, 0.2) is 18.2 Å². The first kappa shape index (κ1) is 13.6. The Kier molecular flexibility index (Phi) is 4.14. The van der Waals surface area contributed by atoms with Crippen LogP contribution in [0.3, 0.4) is 0 Å². The number of halogens is 1. The monoisotopic (exact) mass is 359 g/mol. The van der Waals surface area contributed by atoms with Crippen LogP contribution >= 0.6 is 22.6 Å². The fourth-order valence-corrected chi connectivity index (χ4v) is 2.58. The van der Waals surface area contributed by atoms with Gasteiger partial charge >= 0.3 is 0 Å². The average Bonchev–Trinajstić information content (AvgIpc) is 2.30. The van der Waals surface area contributed by atoms with Crippen molar-refractivity contribution in [3.63, 3.8) is 0 Å². The Morgan fingerprint density at radius 2 is 2.22 bits per heavy atom. The Hall–Kier alpha value is -0.780. The maximum Gasteiger partial charge on any atom is 0.251 e. The van der Waals surface area contributed by atoms with Crippen molar-refractivity contribution >= 4 is 28.5 Å². The number of benzene rings is 1. The van der Waals surface area contributed by atoms with Crippen molar-refractivity contribution in [2.45, 2.75) is 38.6 Å². The third-order valence-corrected chi connectivity index (χ3v) is 4.26. The molecule has 1 fully saturated rings. The van der Waals surface area contributed by atoms with Crippen molar-refractivity contribution in [3.8, 4) is 5.75 Å². The number of amides is 1. The Bertz CT molecular complexity index is 455. The smallest absolute Gasteiger partial charge is 0.251 e. The maximum absolute atomic E-state index is 12.2. The first-order chi connectivity index (χ1) is 8.54. The lowest BCUT2D eigenvalue weighted by Gasteiger charge is -2.39. The molecule has 1 aromatic carbocycles. The molecule has 0 bridgehead atoms. The molecule has 1 aliphatic rings. The quantitative estimate of drug-likeness (QED) is 0.838. The zero-order valence-electron chi connectivity index (χ0n) is 10.8. The van der Waals surface area contributed by atoms with Gasteiger partial charge in [0, 0.05) is 11.1 Å². The van der Waals surface area contributed by atoms with Gasteiger partial charge in [0.05, 0.1) is 10.2 Å². The van der Waals surface area contributed by atoms with E-state index in [2.05, 4.69) is 34.8 Å². The van der Waals surface area contributed by atoms with E-state index in [1.165, 1.54) is 6.42 Å². The fourth-order valence-electron chi connectivity index (χ4n) is 2.09. The summed E-state index contributed by atoms with van der Waals surface area (Å²) in [5, 5.41) is 3.10. The van der Waals surface area contributed by atoms with E-state index >= 15 is 0 Å². The van der Waals surface area contributed by atoms with Crippen molar-refractivity contribution in [2.75, 3.05) is 6.61 Å². The van der Waals surface area contributed by atoms with Crippen molar-refractivity contribution in [3.05, 3.63) is 27.3 Å². The Balaban J connectivity index is 2.12. The predicted molar refractivity (Wildman–Crippen MR) is 80.1 cm³/mol. The topological polar surface area (TPSA) is 38.3 Å². The van der Waals surface area contributed by atoms with Gasteiger partial charge in [-0.1, -0.05) is 0 Å². The third-order valence-electron chi connectivity index (χ3n) is 3.37. The SMILES string of the molecule is CCOc1cc(C(=O)NC2(C)CCC2)ccc1I. The summed E-state index contributed by atoms with van der Waals surface area (Å²) in [4.78, 5) is 12.2. The zero-order valence-corrected chi connectivity index (χ0v) is 12.9. The number of carbonyl (C=O) groups excluding carboxylic acids is 1. The number of carbonyl (C=O) groups is 1. The van der Waals surface area contributed by atoms with E-state index < -0.39 is 0 Å². The van der Waals surface area contributed by atoms with Gasteiger partial charge in [-0.15, -0.1) is 0 Å². The molecule has 4 heteroatoms. The lowest BCUT2D eigenvalue weighted by Crippen LogP contribution is -2.50. The zero-order chi connectivity index (χ0) is 13.2. The second kappa shape index (κ2) is 5.47. The molecular formula is C14H18INO2. The van der Waals surface area contributed by atoms with Gasteiger partial charge in [0.2, 0.25) is 0 Å². The van der Waals surface area contributed by atoms with Gasteiger partial charge in [0.15, 0.2) is 0 Å². The summed E-state index contributed by atoms with van der Waals surface area (Å²) in [6, 6.07) is 5.59. The Morgan fingerprint density at radius 1 is 1.50 bits per heavy atom. The molecule has 0 saturated heterocycles. The molecule has 98 valence electrons. The van der Waals surface area contributed by atoms with Gasteiger partial charge in [-0.2, -0.15) is 0 Å². The summed E-state index contributed by atoms with van der Waals surface area (Å²) in [5.41, 5.74) is 0.665. The molecule has 0 heterocycles. The van der Waals surface area contributed by atoms with Gasteiger partial charge in [-0.25, -0.2) is 0 Å². The maximum atomic E-state index is 12.2. The van der Waals surface area contributed by atoms with Crippen LogP contribution in [0, 0.1) is 3.57 Å². The number of rotatable bonds is 4. The van der Waals surface area contributed by atoms with Gasteiger partial charge < -0.3 is 10.1 Å². The van der Waals surface area contributed by atoms with Crippen LogP contribution in [-0.2, 0) is 0 Å². The highest BCUT2D eigenvalue weighted by atomic mass is 127. The van der Waals surface area contributed by atoms with Crippen LogP contribution in [0.4, 0.5) is 0 Å². The summed E-state index contributed by atoms with van der Waals surface area (Å²) in [5.74, 6) is 0.777. The van der Waals surface area contributed by atoms with Gasteiger partial charge in [0.25, 0.3) is 5.91 Å². The van der Waals surface area contributed by atoms with E-state index in [0.29, 0.717) is 12.2 Å². The molecule has 1 N–H and O–H groups in total. The van der Waals surface area contributed by atoms with Crippen molar-refractivity contribution < 1.29 is 9.53 Å². The minimum Gasteiger partial charge on any atom is -0.493 e. The van der Waals surface area contributed by atoms with E-state index in [9.17, 15) is 4.79 Å². The second-order valence-electron chi connectivity index (χ2n) is 4.95. The van der Waals surface area contributed by atoms with Crippen LogP contribution in [0.5, 0.6) is 5.75 Å². The van der Waals surface area contributed by atoms with E-state index in [1.54, 1.807) is 0 Å². The summed E-state index contributed by atoms with van der Waals surface area (Å²) in [6.07, 6.45) is 3.34. The number of hydrogen-bond acceptors (Lipinski definition) is 2. The minimum atomic E-state index is -0.00808. The van der Waals surface area contributed by atoms with Gasteiger partial charge in [-0.3, -0.25) is 4.79 Å². The van der Waals surface area contributed by atoms with Crippen LogP contribution < -0.4 is 10.1 Å². The largest absolute Gasteiger partial charge is 0.493 e. The summed E-state index contributed by atoms with van der Waals surface area (Å²) >= 11 is 2.21. The lowest BCUT2D eigenvalue weighted by molar-refractivity contribution is 0.0850. The molecule has 0 aromatic heterocycles. The Morgan fingerprint density at radius 3 is 2.78 bits per heavy atom. The third kappa shape index (κ3) is 2.96. The number of ether oxygens (including phenoxy) is 1. The minimum absolute atomic E-state index is 0.00504. The molecule has 0 aliphatic heterocycles.